The molecule has 1 aromatic heterocycles. The van der Waals surface area contributed by atoms with E-state index in [1.54, 1.807) is 0 Å². The van der Waals surface area contributed by atoms with Crippen LogP contribution >= 0.6 is 0 Å². The summed E-state index contributed by atoms with van der Waals surface area (Å²) in [5.41, 5.74) is 1.08. The lowest BCUT2D eigenvalue weighted by Gasteiger charge is -2.16. The van der Waals surface area contributed by atoms with E-state index in [-0.39, 0.29) is 5.91 Å². The molecule has 2 fully saturated rings. The molecule has 22 heavy (non-hydrogen) atoms. The van der Waals surface area contributed by atoms with Crippen molar-refractivity contribution in [2.45, 2.75) is 57.9 Å². The van der Waals surface area contributed by atoms with Crippen molar-refractivity contribution < 1.29 is 4.79 Å². The van der Waals surface area contributed by atoms with Gasteiger partial charge >= 0.3 is 0 Å². The molecular weight excluding hydrogens is 274 g/mol. The van der Waals surface area contributed by atoms with Crippen LogP contribution in [-0.2, 0) is 11.3 Å². The summed E-state index contributed by atoms with van der Waals surface area (Å²) in [6, 6.07) is 4.16. The van der Waals surface area contributed by atoms with Crippen LogP contribution in [0.25, 0.3) is 0 Å². The maximum Gasteiger partial charge on any atom is 0.220 e. The van der Waals surface area contributed by atoms with Crippen LogP contribution in [-0.4, -0.2) is 24.0 Å². The summed E-state index contributed by atoms with van der Waals surface area (Å²) < 4.78 is 0. The lowest BCUT2D eigenvalue weighted by Crippen LogP contribution is -2.23. The minimum Gasteiger partial charge on any atom is -0.357 e. The number of aromatic nitrogens is 1. The van der Waals surface area contributed by atoms with Gasteiger partial charge in [0.05, 0.1) is 0 Å². The monoisotopic (exact) mass is 301 g/mol. The highest BCUT2D eigenvalue weighted by atomic mass is 16.1. The summed E-state index contributed by atoms with van der Waals surface area (Å²) in [6.45, 7) is 2.82. The van der Waals surface area contributed by atoms with E-state index in [9.17, 15) is 4.79 Å². The zero-order valence-electron chi connectivity index (χ0n) is 13.4. The van der Waals surface area contributed by atoms with Gasteiger partial charge in [-0.3, -0.25) is 4.79 Å². The molecule has 1 saturated carbocycles. The fourth-order valence-electron chi connectivity index (χ4n) is 3.58. The van der Waals surface area contributed by atoms with Crippen molar-refractivity contribution in [2.75, 3.05) is 18.0 Å². The van der Waals surface area contributed by atoms with Crippen LogP contribution in [0.4, 0.5) is 5.82 Å². The number of nitrogens with one attached hydrogen (secondary N) is 1. The molecule has 1 aliphatic heterocycles. The minimum absolute atomic E-state index is 0.176. The van der Waals surface area contributed by atoms with E-state index in [4.69, 9.17) is 0 Å². The highest BCUT2D eigenvalue weighted by Gasteiger charge is 2.16. The lowest BCUT2D eigenvalue weighted by molar-refractivity contribution is -0.121. The summed E-state index contributed by atoms with van der Waals surface area (Å²) in [7, 11) is 0. The van der Waals surface area contributed by atoms with Crippen molar-refractivity contribution in [1.29, 1.82) is 0 Å². The highest BCUT2D eigenvalue weighted by Crippen LogP contribution is 2.28. The Morgan fingerprint density at radius 2 is 1.95 bits per heavy atom. The Balaban J connectivity index is 1.39. The molecule has 1 amide bonds. The number of anilines is 1. The Bertz CT molecular complexity index is 474. The SMILES string of the molecule is O=C(CCC1CCCC1)NCc1ccc(N2CCCC2)nc1. The number of rotatable bonds is 6. The van der Waals surface area contributed by atoms with Gasteiger partial charge < -0.3 is 10.2 Å². The third-order valence-corrected chi connectivity index (χ3v) is 4.98. The van der Waals surface area contributed by atoms with Gasteiger partial charge in [-0.05, 0) is 36.8 Å². The van der Waals surface area contributed by atoms with E-state index in [0.717, 1.165) is 36.8 Å². The number of pyridine rings is 1. The van der Waals surface area contributed by atoms with Crippen molar-refractivity contribution >= 4 is 11.7 Å². The van der Waals surface area contributed by atoms with Crippen LogP contribution in [0.5, 0.6) is 0 Å². The van der Waals surface area contributed by atoms with Crippen LogP contribution in [0, 0.1) is 5.92 Å². The first-order valence-electron chi connectivity index (χ1n) is 8.78. The third-order valence-electron chi connectivity index (χ3n) is 4.98. The van der Waals surface area contributed by atoms with Gasteiger partial charge in [0, 0.05) is 32.3 Å². The second kappa shape index (κ2) is 7.61. The van der Waals surface area contributed by atoms with Gasteiger partial charge in [0.1, 0.15) is 5.82 Å². The van der Waals surface area contributed by atoms with Crippen LogP contribution in [0.2, 0.25) is 0 Å². The Morgan fingerprint density at radius 3 is 2.64 bits per heavy atom. The maximum absolute atomic E-state index is 11.9. The summed E-state index contributed by atoms with van der Waals surface area (Å²) >= 11 is 0. The number of hydrogen-bond donors (Lipinski definition) is 1. The van der Waals surface area contributed by atoms with Crippen molar-refractivity contribution in [1.82, 2.24) is 10.3 Å². The minimum atomic E-state index is 0.176. The van der Waals surface area contributed by atoms with Gasteiger partial charge in [0.2, 0.25) is 5.91 Å². The number of carbonyl (C=O) groups is 1. The average Bonchev–Trinajstić information content (AvgIpc) is 3.24. The molecule has 0 bridgehead atoms. The average molecular weight is 301 g/mol. The normalized spacial score (nSPS) is 18.8. The van der Waals surface area contributed by atoms with E-state index < -0.39 is 0 Å². The van der Waals surface area contributed by atoms with Gasteiger partial charge in [0.15, 0.2) is 0 Å². The molecule has 0 unspecified atom stereocenters. The van der Waals surface area contributed by atoms with E-state index in [1.165, 1.54) is 38.5 Å². The van der Waals surface area contributed by atoms with Crippen molar-refractivity contribution in [3.05, 3.63) is 23.9 Å². The standard InChI is InChI=1S/C18H27N3O/c22-18(10-8-15-5-1-2-6-15)20-14-16-7-9-17(19-13-16)21-11-3-4-12-21/h7,9,13,15H,1-6,8,10-12,14H2,(H,20,22). The molecule has 4 heteroatoms. The van der Waals surface area contributed by atoms with E-state index >= 15 is 0 Å². The van der Waals surface area contributed by atoms with Crippen molar-refractivity contribution in [2.24, 2.45) is 5.92 Å². The first kappa shape index (κ1) is 15.3. The van der Waals surface area contributed by atoms with Crippen molar-refractivity contribution in [3.8, 4) is 0 Å². The maximum atomic E-state index is 11.9. The van der Waals surface area contributed by atoms with Gasteiger partial charge in [-0.2, -0.15) is 0 Å². The largest absolute Gasteiger partial charge is 0.357 e. The summed E-state index contributed by atoms with van der Waals surface area (Å²) in [5, 5.41) is 3.02. The van der Waals surface area contributed by atoms with E-state index in [0.29, 0.717) is 13.0 Å². The molecule has 4 nitrogen and oxygen atoms in total. The van der Waals surface area contributed by atoms with Crippen LogP contribution in [0.1, 0.15) is 56.9 Å². The number of carbonyl (C=O) groups excluding carboxylic acids is 1. The number of nitrogens with zero attached hydrogens (tertiary/aromatic N) is 2. The highest BCUT2D eigenvalue weighted by molar-refractivity contribution is 5.75. The molecule has 1 aromatic rings. The molecule has 120 valence electrons. The van der Waals surface area contributed by atoms with Crippen molar-refractivity contribution in [3.63, 3.8) is 0 Å². The zero-order valence-corrected chi connectivity index (χ0v) is 13.4. The topological polar surface area (TPSA) is 45.2 Å². The molecule has 0 spiro atoms. The van der Waals surface area contributed by atoms with E-state index in [1.807, 2.05) is 6.20 Å². The predicted molar refractivity (Wildman–Crippen MR) is 88.7 cm³/mol. The molecule has 0 aromatic carbocycles. The first-order valence-corrected chi connectivity index (χ1v) is 8.78. The summed E-state index contributed by atoms with van der Waals surface area (Å²) in [4.78, 5) is 18.8. The second-order valence-corrected chi connectivity index (χ2v) is 6.68. The van der Waals surface area contributed by atoms with Gasteiger partial charge in [0.25, 0.3) is 0 Å². The smallest absolute Gasteiger partial charge is 0.220 e. The van der Waals surface area contributed by atoms with Crippen LogP contribution < -0.4 is 10.2 Å². The first-order chi connectivity index (χ1) is 10.8. The Labute approximate surface area is 133 Å². The molecule has 2 heterocycles. The Kier molecular flexibility index (Phi) is 5.30. The zero-order chi connectivity index (χ0) is 15.2. The molecule has 0 atom stereocenters. The molecule has 1 saturated heterocycles. The third kappa shape index (κ3) is 4.21. The fourth-order valence-corrected chi connectivity index (χ4v) is 3.58. The lowest BCUT2D eigenvalue weighted by atomic mass is 10.0. The molecule has 3 rings (SSSR count). The van der Waals surface area contributed by atoms with Crippen LogP contribution in [0.15, 0.2) is 18.3 Å². The van der Waals surface area contributed by atoms with Gasteiger partial charge in [-0.25, -0.2) is 4.98 Å². The number of hydrogen-bond acceptors (Lipinski definition) is 3. The molecule has 1 N–H and O–H groups in total. The predicted octanol–water partition coefficient (Wildman–Crippen LogP) is 3.27. The summed E-state index contributed by atoms with van der Waals surface area (Å²) in [6.07, 6.45) is 11.5. The van der Waals surface area contributed by atoms with Gasteiger partial charge in [-0.1, -0.05) is 31.7 Å². The number of amides is 1. The second-order valence-electron chi connectivity index (χ2n) is 6.68. The summed E-state index contributed by atoms with van der Waals surface area (Å²) in [5.74, 6) is 2.02. The molecular formula is C18H27N3O. The van der Waals surface area contributed by atoms with Gasteiger partial charge in [-0.15, -0.1) is 0 Å². The molecule has 2 aliphatic rings. The Morgan fingerprint density at radius 1 is 1.18 bits per heavy atom. The van der Waals surface area contributed by atoms with E-state index in [2.05, 4.69) is 27.3 Å². The fraction of sp³-hybridized carbons (Fsp3) is 0.667. The Hall–Kier alpha value is -1.58. The van der Waals surface area contributed by atoms with Crippen LogP contribution in [0.3, 0.4) is 0 Å². The quantitative estimate of drug-likeness (QED) is 0.877. The molecule has 1 aliphatic carbocycles. The molecule has 0 radical (unpaired) electrons.